The summed E-state index contributed by atoms with van der Waals surface area (Å²) in [4.78, 5) is 36.8. The number of nitrogens with zero attached hydrogens (tertiary/aromatic N) is 1. The second-order valence-corrected chi connectivity index (χ2v) is 5.67. The molecule has 0 radical (unpaired) electrons. The van der Waals surface area contributed by atoms with E-state index >= 15 is 0 Å². The van der Waals surface area contributed by atoms with Crippen molar-refractivity contribution in [1.82, 2.24) is 10.2 Å². The Morgan fingerprint density at radius 1 is 1.38 bits per heavy atom. The van der Waals surface area contributed by atoms with E-state index < -0.39 is 17.5 Å². The molecule has 3 amide bonds. The molecule has 1 heterocycles. The lowest BCUT2D eigenvalue weighted by atomic mass is 9.92. The lowest BCUT2D eigenvalue weighted by Gasteiger charge is -2.23. The van der Waals surface area contributed by atoms with Gasteiger partial charge in [-0.2, -0.15) is 0 Å². The second-order valence-electron chi connectivity index (χ2n) is 4.82. The minimum Gasteiger partial charge on any atom is -0.469 e. The molecule has 112 valence electrons. The number of halogens is 1. The third-order valence-corrected chi connectivity index (χ3v) is 4.15. The van der Waals surface area contributed by atoms with Gasteiger partial charge in [0, 0.05) is 16.6 Å². The summed E-state index contributed by atoms with van der Waals surface area (Å²) in [6.45, 7) is 1.64. The normalized spacial score (nSPS) is 21.4. The van der Waals surface area contributed by atoms with E-state index in [1.54, 1.807) is 25.1 Å². The van der Waals surface area contributed by atoms with Gasteiger partial charge in [0.05, 0.1) is 13.5 Å². The average molecular weight is 355 g/mol. The lowest BCUT2D eigenvalue weighted by molar-refractivity contribution is -0.141. The first kappa shape index (κ1) is 15.5. The van der Waals surface area contributed by atoms with E-state index in [9.17, 15) is 14.4 Å². The first-order valence-corrected chi connectivity index (χ1v) is 7.15. The van der Waals surface area contributed by atoms with Crippen LogP contribution in [0.3, 0.4) is 0 Å². The Morgan fingerprint density at radius 2 is 2.05 bits per heavy atom. The van der Waals surface area contributed by atoms with Gasteiger partial charge in [-0.05, 0) is 13.0 Å². The van der Waals surface area contributed by atoms with Gasteiger partial charge < -0.3 is 10.1 Å². The van der Waals surface area contributed by atoms with Crippen LogP contribution in [-0.2, 0) is 19.9 Å². The standard InChI is InChI=1S/C14H15BrN2O4/c1-14(9-5-3-4-6-10(9)15)12(19)17(13(20)16-14)8-7-11(18)21-2/h3-6H,7-8H2,1-2H3,(H,16,20)/t14-/m0/s1. The van der Waals surface area contributed by atoms with Crippen LogP contribution in [0.15, 0.2) is 28.7 Å². The number of carbonyl (C=O) groups is 3. The summed E-state index contributed by atoms with van der Waals surface area (Å²) in [7, 11) is 1.26. The van der Waals surface area contributed by atoms with Crippen LogP contribution in [0.25, 0.3) is 0 Å². The summed E-state index contributed by atoms with van der Waals surface area (Å²) in [6.07, 6.45) is -0.0261. The molecule has 1 aliphatic rings. The van der Waals surface area contributed by atoms with Crippen LogP contribution >= 0.6 is 15.9 Å². The van der Waals surface area contributed by atoms with Crippen molar-refractivity contribution in [1.29, 1.82) is 0 Å². The summed E-state index contributed by atoms with van der Waals surface area (Å²) in [5.74, 6) is -0.853. The van der Waals surface area contributed by atoms with Gasteiger partial charge in [0.15, 0.2) is 0 Å². The third kappa shape index (κ3) is 2.78. The van der Waals surface area contributed by atoms with Gasteiger partial charge in [0.1, 0.15) is 5.54 Å². The molecule has 1 aliphatic heterocycles. The molecule has 6 nitrogen and oxygen atoms in total. The fourth-order valence-corrected chi connectivity index (χ4v) is 2.94. The van der Waals surface area contributed by atoms with Gasteiger partial charge in [-0.3, -0.25) is 14.5 Å². The molecule has 1 N–H and O–H groups in total. The maximum absolute atomic E-state index is 12.6. The minimum absolute atomic E-state index is 0.00260. The van der Waals surface area contributed by atoms with E-state index in [0.29, 0.717) is 5.56 Å². The molecule has 0 bridgehead atoms. The lowest BCUT2D eigenvalue weighted by Crippen LogP contribution is -2.41. The van der Waals surface area contributed by atoms with E-state index in [1.165, 1.54) is 7.11 Å². The summed E-state index contributed by atoms with van der Waals surface area (Å²) in [5.41, 5.74) is -0.475. The van der Waals surface area contributed by atoms with Crippen LogP contribution < -0.4 is 5.32 Å². The molecule has 1 fully saturated rings. The SMILES string of the molecule is COC(=O)CCN1C(=O)N[C@@](C)(c2ccccc2Br)C1=O. The number of esters is 1. The van der Waals surface area contributed by atoms with Gasteiger partial charge in [-0.25, -0.2) is 4.79 Å². The molecule has 0 unspecified atom stereocenters. The van der Waals surface area contributed by atoms with Crippen LogP contribution in [0.4, 0.5) is 4.79 Å². The highest BCUT2D eigenvalue weighted by Crippen LogP contribution is 2.33. The molecular formula is C14H15BrN2O4. The highest BCUT2D eigenvalue weighted by molar-refractivity contribution is 9.10. The Bertz CT molecular complexity index is 604. The van der Waals surface area contributed by atoms with Crippen molar-refractivity contribution in [3.05, 3.63) is 34.3 Å². The molecular weight excluding hydrogens is 340 g/mol. The minimum atomic E-state index is -1.15. The number of urea groups is 1. The van der Waals surface area contributed by atoms with Crippen molar-refractivity contribution >= 4 is 33.8 Å². The Balaban J connectivity index is 2.25. The van der Waals surface area contributed by atoms with E-state index in [1.807, 2.05) is 6.07 Å². The molecule has 1 aromatic rings. The number of amides is 3. The Kier molecular flexibility index (Phi) is 4.32. The number of rotatable bonds is 4. The molecule has 0 aliphatic carbocycles. The summed E-state index contributed by atoms with van der Waals surface area (Å²) < 4.78 is 5.25. The van der Waals surface area contributed by atoms with Crippen molar-refractivity contribution in [2.24, 2.45) is 0 Å². The smallest absolute Gasteiger partial charge is 0.325 e. The zero-order chi connectivity index (χ0) is 15.6. The van der Waals surface area contributed by atoms with Gasteiger partial charge in [0.2, 0.25) is 0 Å². The maximum Gasteiger partial charge on any atom is 0.325 e. The number of nitrogens with one attached hydrogen (secondary N) is 1. The summed E-state index contributed by atoms with van der Waals surface area (Å²) in [6, 6.07) is 6.68. The zero-order valence-electron chi connectivity index (χ0n) is 11.7. The number of hydrogen-bond donors (Lipinski definition) is 1. The Hall–Kier alpha value is -1.89. The predicted octanol–water partition coefficient (Wildman–Crippen LogP) is 1.78. The number of methoxy groups -OCH3 is 1. The summed E-state index contributed by atoms with van der Waals surface area (Å²) >= 11 is 3.39. The molecule has 21 heavy (non-hydrogen) atoms. The molecule has 1 saturated heterocycles. The van der Waals surface area contributed by atoms with Crippen LogP contribution in [0, 0.1) is 0 Å². The topological polar surface area (TPSA) is 75.7 Å². The fourth-order valence-electron chi connectivity index (χ4n) is 2.25. The Morgan fingerprint density at radius 3 is 2.67 bits per heavy atom. The van der Waals surface area contributed by atoms with Crippen molar-refractivity contribution in [3.8, 4) is 0 Å². The predicted molar refractivity (Wildman–Crippen MR) is 78.4 cm³/mol. The van der Waals surface area contributed by atoms with E-state index in [0.717, 1.165) is 9.37 Å². The van der Waals surface area contributed by atoms with Crippen LogP contribution in [0.1, 0.15) is 18.9 Å². The van der Waals surface area contributed by atoms with Gasteiger partial charge in [-0.15, -0.1) is 0 Å². The van der Waals surface area contributed by atoms with E-state index in [-0.39, 0.29) is 18.9 Å². The molecule has 0 spiro atoms. The first-order chi connectivity index (χ1) is 9.90. The third-order valence-electron chi connectivity index (χ3n) is 3.45. The molecule has 7 heteroatoms. The molecule has 0 saturated carbocycles. The highest BCUT2D eigenvalue weighted by Gasteiger charge is 2.49. The quantitative estimate of drug-likeness (QED) is 0.660. The number of benzene rings is 1. The Labute approximate surface area is 130 Å². The molecule has 0 aromatic heterocycles. The van der Waals surface area contributed by atoms with Crippen molar-refractivity contribution in [2.75, 3.05) is 13.7 Å². The van der Waals surface area contributed by atoms with Crippen LogP contribution in [0.5, 0.6) is 0 Å². The van der Waals surface area contributed by atoms with Crippen molar-refractivity contribution < 1.29 is 19.1 Å². The van der Waals surface area contributed by atoms with Gasteiger partial charge in [-0.1, -0.05) is 34.1 Å². The number of hydrogen-bond acceptors (Lipinski definition) is 4. The average Bonchev–Trinajstić information content (AvgIpc) is 2.68. The van der Waals surface area contributed by atoms with Crippen molar-refractivity contribution in [3.63, 3.8) is 0 Å². The maximum atomic E-state index is 12.6. The number of carbonyl (C=O) groups excluding carboxylic acids is 3. The molecule has 2 rings (SSSR count). The van der Waals surface area contributed by atoms with Crippen LogP contribution in [-0.4, -0.2) is 36.5 Å². The fraction of sp³-hybridized carbons (Fsp3) is 0.357. The van der Waals surface area contributed by atoms with E-state index in [2.05, 4.69) is 26.0 Å². The largest absolute Gasteiger partial charge is 0.469 e. The summed E-state index contributed by atoms with van der Waals surface area (Å²) in [5, 5.41) is 2.68. The zero-order valence-corrected chi connectivity index (χ0v) is 13.3. The number of ether oxygens (including phenoxy) is 1. The monoisotopic (exact) mass is 354 g/mol. The van der Waals surface area contributed by atoms with Gasteiger partial charge in [0.25, 0.3) is 5.91 Å². The molecule has 1 aromatic carbocycles. The second kappa shape index (κ2) is 5.85. The number of imide groups is 1. The first-order valence-electron chi connectivity index (χ1n) is 6.36. The van der Waals surface area contributed by atoms with Crippen molar-refractivity contribution in [2.45, 2.75) is 18.9 Å². The van der Waals surface area contributed by atoms with Gasteiger partial charge >= 0.3 is 12.0 Å². The molecule has 1 atom stereocenters. The highest BCUT2D eigenvalue weighted by atomic mass is 79.9. The van der Waals surface area contributed by atoms with E-state index in [4.69, 9.17) is 0 Å². The van der Waals surface area contributed by atoms with Crippen LogP contribution in [0.2, 0.25) is 0 Å².